The Balaban J connectivity index is 0.611. The van der Waals surface area contributed by atoms with Crippen LogP contribution in [0.1, 0.15) is 0 Å². The summed E-state index contributed by atoms with van der Waals surface area (Å²) in [7, 11) is 0. The van der Waals surface area contributed by atoms with Gasteiger partial charge in [0.15, 0.2) is 0 Å². The lowest BCUT2D eigenvalue weighted by atomic mass is 9.89. The summed E-state index contributed by atoms with van der Waals surface area (Å²) in [5.41, 5.74) is 47.4. The van der Waals surface area contributed by atoms with Crippen molar-refractivity contribution >= 4 is 51.2 Å². The molecule has 3 heteroatoms. The highest BCUT2D eigenvalue weighted by Crippen LogP contribution is 2.53. The Morgan fingerprint density at radius 1 is 0.0748 bits per heavy atom. The number of para-hydroxylation sites is 2. The summed E-state index contributed by atoms with van der Waals surface area (Å²) >= 11 is 0. The molecule has 0 fully saturated rings. The van der Waals surface area contributed by atoms with Crippen LogP contribution in [-0.2, 0) is 0 Å². The Kier molecular flexibility index (Phi) is 25.5. The Labute approximate surface area is 861 Å². The molecule has 0 radical (unpaired) electrons. The van der Waals surface area contributed by atoms with Crippen molar-refractivity contribution in [2.75, 3.05) is 14.7 Å². The van der Waals surface area contributed by atoms with Gasteiger partial charge in [-0.1, -0.05) is 473 Å². The van der Waals surface area contributed by atoms with E-state index in [1.165, 1.54) is 16.7 Å². The van der Waals surface area contributed by atoms with Crippen LogP contribution in [0.2, 0.25) is 0 Å². The minimum absolute atomic E-state index is 1.02. The SMILES string of the molecule is c1ccc(-c2cc(-c3cccc(-c4ccc(N(c5cccc(-c6ccccc6)c5)c5ccccc5-c5ccc(-c6ccccc6)c(-c6ccccc6)c5)cc4-c4ccccc4)c3)cc(-c3ccccc3N(c3cccc(-c4ccccc4)c3)c3cccc(-c4ccc(-c5ccc(N(c6cc(-c7ccccc7)cc(-c7ccccc7)c6)c6cc(-c7ccccc7)cc(-c7ccccc7)c6)c(-c6ccccc6)c5)cc4)c3)c2)cc1. The Hall–Kier alpha value is -19.3. The lowest BCUT2D eigenvalue weighted by Crippen LogP contribution is -2.12. The van der Waals surface area contributed by atoms with Crippen molar-refractivity contribution in [3.05, 3.63) is 613 Å². The Bertz CT molecular complexity index is 8530. The summed E-state index contributed by atoms with van der Waals surface area (Å²) in [5, 5.41) is 0. The van der Waals surface area contributed by atoms with Crippen LogP contribution in [0.25, 0.3) is 189 Å². The highest BCUT2D eigenvalue weighted by molar-refractivity contribution is 6.01. The maximum Gasteiger partial charge on any atom is 0.0540 e. The molecule has 0 aliphatic carbocycles. The van der Waals surface area contributed by atoms with E-state index in [0.717, 1.165) is 224 Å². The first-order valence-electron chi connectivity index (χ1n) is 50.5. The van der Waals surface area contributed by atoms with Crippen LogP contribution in [0.3, 0.4) is 0 Å². The van der Waals surface area contributed by atoms with Crippen molar-refractivity contribution in [1.29, 1.82) is 0 Å². The second-order valence-electron chi connectivity index (χ2n) is 37.4. The van der Waals surface area contributed by atoms with E-state index < -0.39 is 0 Å². The first-order chi connectivity index (χ1) is 72.9. The largest absolute Gasteiger partial charge is 0.310 e. The molecule has 0 aromatic heterocycles. The summed E-state index contributed by atoms with van der Waals surface area (Å²) in [6.07, 6.45) is 0. The first kappa shape index (κ1) is 90.2. The molecule has 0 saturated heterocycles. The predicted molar refractivity (Wildman–Crippen MR) is 623 cm³/mol. The number of anilines is 9. The molecule has 24 aromatic rings. The molecule has 0 saturated carbocycles. The Morgan fingerprint density at radius 3 is 0.660 bits per heavy atom. The van der Waals surface area contributed by atoms with E-state index in [2.05, 4.69) is 627 Å². The highest BCUT2D eigenvalue weighted by Gasteiger charge is 2.28. The topological polar surface area (TPSA) is 9.72 Å². The van der Waals surface area contributed by atoms with E-state index in [9.17, 15) is 0 Å². The molecular formula is C144H101N3. The lowest BCUT2D eigenvalue weighted by Gasteiger charge is -2.30. The number of hydrogen-bond donors (Lipinski definition) is 0. The van der Waals surface area contributed by atoms with Crippen molar-refractivity contribution < 1.29 is 0 Å². The first-order valence-corrected chi connectivity index (χ1v) is 50.5. The summed E-state index contributed by atoms with van der Waals surface area (Å²) in [6, 6.07) is 225. The number of benzene rings is 24. The van der Waals surface area contributed by atoms with Crippen LogP contribution < -0.4 is 14.7 Å². The van der Waals surface area contributed by atoms with Crippen LogP contribution in [-0.4, -0.2) is 0 Å². The van der Waals surface area contributed by atoms with E-state index in [1.807, 2.05) is 0 Å². The quantitative estimate of drug-likeness (QED) is 0.0535. The molecular weight excluding hydrogens is 1770 g/mol. The molecule has 0 unspecified atom stereocenters. The standard InChI is InChI=1S/C144H101N3/c1-12-42-102(43-13-1)116-65-39-69-129(92-116)145(130-70-41-67-118(94-130)109-76-78-110(79-77-109)119-81-85-144(141(99-119)114-62-32-11-33-63-114)147(133-95-124(105-48-18-4-19-49-105)88-125(96-133)106-50-20-5-21-51-106)134-97-126(107-52-22-6-23-53-107)89-127(98-134)108-54-24-7-25-55-108)143-75-37-35-73-138(143)128-90-122(104-46-16-3-17-47-104)87-123(91-128)115-64-38-68-120(86-115)136-84-82-132(101-140(136)113-60-30-10-31-61-113)146(131-71-40-66-117(93-131)103-44-14-2-15-45-103)142-74-36-34-72-137(142)121-80-83-135(111-56-26-8-27-57-111)139(100-121)112-58-28-9-29-59-112/h1-101H. The fourth-order valence-corrected chi connectivity index (χ4v) is 21.0. The monoisotopic (exact) mass is 1870 g/mol. The van der Waals surface area contributed by atoms with Crippen molar-refractivity contribution in [2.45, 2.75) is 0 Å². The highest BCUT2D eigenvalue weighted by atomic mass is 15.2. The number of rotatable bonds is 26. The van der Waals surface area contributed by atoms with Crippen molar-refractivity contribution in [3.8, 4) is 189 Å². The van der Waals surface area contributed by atoms with Crippen molar-refractivity contribution in [2.24, 2.45) is 0 Å². The number of hydrogen-bond acceptors (Lipinski definition) is 3. The molecule has 147 heavy (non-hydrogen) atoms. The fraction of sp³-hybridized carbons (Fsp3) is 0. The minimum Gasteiger partial charge on any atom is -0.310 e. The summed E-state index contributed by atoms with van der Waals surface area (Å²) < 4.78 is 0. The van der Waals surface area contributed by atoms with Gasteiger partial charge in [-0.15, -0.1) is 0 Å². The number of nitrogens with zero attached hydrogens (tertiary/aromatic N) is 3. The normalized spacial score (nSPS) is 11.1. The summed E-state index contributed by atoms with van der Waals surface area (Å²) in [5.74, 6) is 0. The average molecular weight is 1870 g/mol. The van der Waals surface area contributed by atoms with E-state index in [0.29, 0.717) is 0 Å². The van der Waals surface area contributed by atoms with Gasteiger partial charge in [0.05, 0.1) is 17.1 Å². The zero-order valence-electron chi connectivity index (χ0n) is 81.2. The van der Waals surface area contributed by atoms with Gasteiger partial charge in [-0.05, 0) is 312 Å². The molecule has 0 aliphatic rings. The average Bonchev–Trinajstić information content (AvgIpc) is 0.756. The van der Waals surface area contributed by atoms with Gasteiger partial charge in [0.25, 0.3) is 0 Å². The van der Waals surface area contributed by atoms with Crippen LogP contribution >= 0.6 is 0 Å². The van der Waals surface area contributed by atoms with Gasteiger partial charge in [-0.2, -0.15) is 0 Å². The third-order valence-electron chi connectivity index (χ3n) is 28.2. The molecule has 0 aliphatic heterocycles. The third-order valence-corrected chi connectivity index (χ3v) is 28.2. The molecule has 0 amide bonds. The van der Waals surface area contributed by atoms with E-state index >= 15 is 0 Å². The van der Waals surface area contributed by atoms with Crippen LogP contribution in [0.5, 0.6) is 0 Å². The smallest absolute Gasteiger partial charge is 0.0540 e. The van der Waals surface area contributed by atoms with Crippen LogP contribution in [0.4, 0.5) is 51.2 Å². The van der Waals surface area contributed by atoms with Crippen molar-refractivity contribution in [1.82, 2.24) is 0 Å². The maximum absolute atomic E-state index is 2.50. The van der Waals surface area contributed by atoms with Crippen molar-refractivity contribution in [3.63, 3.8) is 0 Å². The van der Waals surface area contributed by atoms with Gasteiger partial charge in [0.2, 0.25) is 0 Å². The predicted octanol–water partition coefficient (Wildman–Crippen LogP) is 40.4. The van der Waals surface area contributed by atoms with Crippen LogP contribution in [0.15, 0.2) is 613 Å². The zero-order chi connectivity index (χ0) is 98.0. The molecule has 0 heterocycles. The van der Waals surface area contributed by atoms with Gasteiger partial charge in [-0.3, -0.25) is 0 Å². The third kappa shape index (κ3) is 19.3. The van der Waals surface area contributed by atoms with Gasteiger partial charge >= 0.3 is 0 Å². The molecule has 24 rings (SSSR count). The zero-order valence-corrected chi connectivity index (χ0v) is 81.2. The lowest BCUT2D eigenvalue weighted by molar-refractivity contribution is 1.28. The fourth-order valence-electron chi connectivity index (χ4n) is 21.0. The summed E-state index contributed by atoms with van der Waals surface area (Å²) in [6.45, 7) is 0. The van der Waals surface area contributed by atoms with E-state index in [-0.39, 0.29) is 0 Å². The maximum atomic E-state index is 2.50. The van der Waals surface area contributed by atoms with E-state index in [1.54, 1.807) is 0 Å². The molecule has 0 spiro atoms. The van der Waals surface area contributed by atoms with Gasteiger partial charge in [0, 0.05) is 50.8 Å². The molecule has 0 atom stereocenters. The minimum atomic E-state index is 1.02. The van der Waals surface area contributed by atoms with E-state index in [4.69, 9.17) is 0 Å². The molecule has 0 bridgehead atoms. The van der Waals surface area contributed by atoms with Gasteiger partial charge < -0.3 is 14.7 Å². The molecule has 692 valence electrons. The molecule has 0 N–H and O–H groups in total. The van der Waals surface area contributed by atoms with Crippen LogP contribution in [0, 0.1) is 0 Å². The molecule has 24 aromatic carbocycles. The summed E-state index contributed by atoms with van der Waals surface area (Å²) in [4.78, 5) is 7.42. The second kappa shape index (κ2) is 41.5. The molecule has 3 nitrogen and oxygen atoms in total. The second-order valence-corrected chi connectivity index (χ2v) is 37.4. The van der Waals surface area contributed by atoms with Gasteiger partial charge in [0.1, 0.15) is 0 Å². The van der Waals surface area contributed by atoms with Gasteiger partial charge in [-0.25, -0.2) is 0 Å². The Morgan fingerprint density at radius 2 is 0.272 bits per heavy atom.